The maximum Gasteiger partial charge on any atom is 0.241 e. The lowest BCUT2D eigenvalue weighted by atomic mass is 10.1. The van der Waals surface area contributed by atoms with Gasteiger partial charge in [-0.2, -0.15) is 5.10 Å². The third-order valence-electron chi connectivity index (χ3n) is 5.07. The van der Waals surface area contributed by atoms with Gasteiger partial charge >= 0.3 is 0 Å². The summed E-state index contributed by atoms with van der Waals surface area (Å²) in [5, 5.41) is 10.1. The highest BCUT2D eigenvalue weighted by Crippen LogP contribution is 2.19. The molecule has 0 saturated carbocycles. The lowest BCUT2D eigenvalue weighted by Crippen LogP contribution is -2.43. The van der Waals surface area contributed by atoms with E-state index in [0.717, 1.165) is 33.9 Å². The molecule has 0 unspecified atom stereocenters. The summed E-state index contributed by atoms with van der Waals surface area (Å²) in [5.74, 6) is -0.323. The first kappa shape index (κ1) is 20.6. The zero-order valence-corrected chi connectivity index (χ0v) is 17.2. The van der Waals surface area contributed by atoms with Gasteiger partial charge < -0.3 is 10.6 Å². The maximum absolute atomic E-state index is 12.6. The van der Waals surface area contributed by atoms with E-state index < -0.39 is 6.04 Å². The fourth-order valence-corrected chi connectivity index (χ4v) is 2.82. The number of benzene rings is 1. The Labute approximate surface area is 160 Å². The lowest BCUT2D eigenvalue weighted by molar-refractivity contribution is -0.122. The predicted molar refractivity (Wildman–Crippen MR) is 108 cm³/mol. The number of aryl methyl sites for hydroxylation is 3. The fourth-order valence-electron chi connectivity index (χ4n) is 2.82. The molecule has 27 heavy (non-hydrogen) atoms. The summed E-state index contributed by atoms with van der Waals surface area (Å²) >= 11 is 0. The highest BCUT2D eigenvalue weighted by atomic mass is 16.2. The number of carbonyl (C=O) groups excluding carboxylic acids is 2. The summed E-state index contributed by atoms with van der Waals surface area (Å²) in [4.78, 5) is 26.7. The third kappa shape index (κ3) is 4.74. The van der Waals surface area contributed by atoms with Crippen LogP contribution in [0, 0.1) is 27.7 Å². The van der Waals surface area contributed by atoms with Gasteiger partial charge in [0, 0.05) is 12.7 Å². The van der Waals surface area contributed by atoms with Gasteiger partial charge in [0.05, 0.1) is 29.7 Å². The molecule has 2 N–H and O–H groups in total. The van der Waals surface area contributed by atoms with Crippen LogP contribution in [-0.4, -0.2) is 46.1 Å². The van der Waals surface area contributed by atoms with E-state index in [-0.39, 0.29) is 18.4 Å². The molecule has 1 aromatic carbocycles. The Morgan fingerprint density at radius 3 is 2.44 bits per heavy atom. The number of hydrogen-bond donors (Lipinski definition) is 2. The number of hydrogen-bond acceptors (Lipinski definition) is 4. The molecule has 2 aromatic rings. The predicted octanol–water partition coefficient (Wildman–Crippen LogP) is 2.55. The van der Waals surface area contributed by atoms with Crippen LogP contribution in [0.5, 0.6) is 0 Å². The largest absolute Gasteiger partial charge is 0.325 e. The molecule has 0 bridgehead atoms. The second-order valence-corrected chi connectivity index (χ2v) is 7.05. The molecule has 0 saturated heterocycles. The molecule has 0 radical (unpaired) electrons. The van der Waals surface area contributed by atoms with Crippen molar-refractivity contribution < 1.29 is 9.59 Å². The first-order valence-corrected chi connectivity index (χ1v) is 8.99. The minimum atomic E-state index is -0.464. The first-order chi connectivity index (χ1) is 12.6. The number of nitrogens with zero attached hydrogens (tertiary/aromatic N) is 3. The van der Waals surface area contributed by atoms with Gasteiger partial charge in [-0.05, 0) is 58.9 Å². The van der Waals surface area contributed by atoms with E-state index in [1.165, 1.54) is 0 Å². The lowest BCUT2D eigenvalue weighted by Gasteiger charge is -2.23. The Hall–Kier alpha value is -2.67. The zero-order chi connectivity index (χ0) is 20.3. The molecule has 0 aliphatic rings. The molecule has 1 atom stereocenters. The Morgan fingerprint density at radius 2 is 1.85 bits per heavy atom. The van der Waals surface area contributed by atoms with Crippen LogP contribution in [0.2, 0.25) is 0 Å². The number of carbonyl (C=O) groups is 2. The van der Waals surface area contributed by atoms with Crippen LogP contribution < -0.4 is 10.6 Å². The van der Waals surface area contributed by atoms with E-state index >= 15 is 0 Å². The van der Waals surface area contributed by atoms with Gasteiger partial charge in [-0.1, -0.05) is 12.1 Å². The molecule has 0 aliphatic carbocycles. The fraction of sp³-hybridized carbons (Fsp3) is 0.450. The Bertz CT molecular complexity index is 856. The monoisotopic (exact) mass is 371 g/mol. The van der Waals surface area contributed by atoms with Gasteiger partial charge in [-0.3, -0.25) is 19.2 Å². The molecule has 0 aliphatic heterocycles. The van der Waals surface area contributed by atoms with Gasteiger partial charge in [-0.15, -0.1) is 0 Å². The van der Waals surface area contributed by atoms with E-state index in [1.807, 2.05) is 52.9 Å². The van der Waals surface area contributed by atoms with E-state index in [1.54, 1.807) is 23.6 Å². The van der Waals surface area contributed by atoms with Gasteiger partial charge in [0.2, 0.25) is 11.8 Å². The molecular formula is C20H29N5O2. The number of rotatable bonds is 6. The summed E-state index contributed by atoms with van der Waals surface area (Å²) in [6, 6.07) is 5.33. The summed E-state index contributed by atoms with van der Waals surface area (Å²) in [5.41, 5.74) is 5.35. The van der Waals surface area contributed by atoms with Crippen LogP contribution in [0.25, 0.3) is 0 Å². The summed E-state index contributed by atoms with van der Waals surface area (Å²) in [6.45, 7) is 9.64. The molecule has 0 fully saturated rings. The Balaban J connectivity index is 1.97. The summed E-state index contributed by atoms with van der Waals surface area (Å²) in [6.07, 6.45) is 0. The van der Waals surface area contributed by atoms with Crippen molar-refractivity contribution in [3.05, 3.63) is 40.7 Å². The van der Waals surface area contributed by atoms with Gasteiger partial charge in [-0.25, -0.2) is 0 Å². The highest BCUT2D eigenvalue weighted by molar-refractivity contribution is 5.97. The van der Waals surface area contributed by atoms with Gasteiger partial charge in [0.15, 0.2) is 0 Å². The molecule has 1 heterocycles. The standard InChI is InChI=1S/C20H29N5O2/c1-12-9-8-10-17(13(12)2)21-18(26)11-24(6)16(5)20(27)22-19-14(3)23-25(7)15(19)4/h8-10,16H,11H2,1-7H3,(H,21,26)(H,22,27)/t16-/m0/s1. The number of aromatic nitrogens is 2. The smallest absolute Gasteiger partial charge is 0.241 e. The van der Waals surface area contributed by atoms with Crippen molar-refractivity contribution in [2.24, 2.45) is 7.05 Å². The molecule has 146 valence electrons. The van der Waals surface area contributed by atoms with Crippen LogP contribution >= 0.6 is 0 Å². The molecule has 2 amide bonds. The maximum atomic E-state index is 12.6. The topological polar surface area (TPSA) is 79.3 Å². The average molecular weight is 371 g/mol. The van der Waals surface area contributed by atoms with Crippen LogP contribution in [0.3, 0.4) is 0 Å². The quantitative estimate of drug-likeness (QED) is 0.818. The van der Waals surface area contributed by atoms with E-state index in [2.05, 4.69) is 15.7 Å². The van der Waals surface area contributed by atoms with Crippen molar-refractivity contribution in [1.82, 2.24) is 14.7 Å². The van der Waals surface area contributed by atoms with Crippen molar-refractivity contribution in [3.63, 3.8) is 0 Å². The van der Waals surface area contributed by atoms with Crippen molar-refractivity contribution >= 4 is 23.2 Å². The number of likely N-dealkylation sites (N-methyl/N-ethyl adjacent to an activating group) is 1. The van der Waals surface area contributed by atoms with Gasteiger partial charge in [0.1, 0.15) is 0 Å². The number of anilines is 2. The highest BCUT2D eigenvalue weighted by Gasteiger charge is 2.22. The molecule has 2 rings (SSSR count). The second kappa shape index (κ2) is 8.35. The van der Waals surface area contributed by atoms with Crippen molar-refractivity contribution in [3.8, 4) is 0 Å². The van der Waals surface area contributed by atoms with E-state index in [4.69, 9.17) is 0 Å². The van der Waals surface area contributed by atoms with Crippen molar-refractivity contribution in [2.45, 2.75) is 40.7 Å². The second-order valence-electron chi connectivity index (χ2n) is 7.05. The van der Waals surface area contributed by atoms with Crippen molar-refractivity contribution in [2.75, 3.05) is 24.2 Å². The van der Waals surface area contributed by atoms with Crippen LogP contribution in [-0.2, 0) is 16.6 Å². The normalized spacial score (nSPS) is 12.1. The summed E-state index contributed by atoms with van der Waals surface area (Å²) in [7, 11) is 3.60. The zero-order valence-electron chi connectivity index (χ0n) is 17.2. The summed E-state index contributed by atoms with van der Waals surface area (Å²) < 4.78 is 1.73. The van der Waals surface area contributed by atoms with Crippen LogP contribution in [0.1, 0.15) is 29.4 Å². The molecule has 7 heteroatoms. The Kier molecular flexibility index (Phi) is 6.38. The first-order valence-electron chi connectivity index (χ1n) is 8.99. The molecule has 0 spiro atoms. The van der Waals surface area contributed by atoms with E-state index in [0.29, 0.717) is 0 Å². The van der Waals surface area contributed by atoms with E-state index in [9.17, 15) is 9.59 Å². The minimum absolute atomic E-state index is 0.118. The van der Waals surface area contributed by atoms with Crippen LogP contribution in [0.4, 0.5) is 11.4 Å². The number of nitrogens with one attached hydrogen (secondary N) is 2. The molecule has 7 nitrogen and oxygen atoms in total. The Morgan fingerprint density at radius 1 is 1.19 bits per heavy atom. The molecular weight excluding hydrogens is 342 g/mol. The van der Waals surface area contributed by atoms with Crippen molar-refractivity contribution in [1.29, 1.82) is 0 Å². The number of amides is 2. The van der Waals surface area contributed by atoms with Crippen LogP contribution in [0.15, 0.2) is 18.2 Å². The minimum Gasteiger partial charge on any atom is -0.325 e. The van der Waals surface area contributed by atoms with Gasteiger partial charge in [0.25, 0.3) is 0 Å². The SMILES string of the molecule is Cc1cccc(NC(=O)CN(C)[C@@H](C)C(=O)Nc2c(C)nn(C)c2C)c1C. The molecule has 1 aromatic heterocycles. The third-order valence-corrected chi connectivity index (χ3v) is 5.07. The average Bonchev–Trinajstić information content (AvgIpc) is 2.84.